The van der Waals surface area contributed by atoms with Crippen LogP contribution in [-0.2, 0) is 6.54 Å². The fourth-order valence-corrected chi connectivity index (χ4v) is 3.82. The van der Waals surface area contributed by atoms with E-state index in [2.05, 4.69) is 5.32 Å². The summed E-state index contributed by atoms with van der Waals surface area (Å²) in [6.07, 6.45) is 0. The van der Waals surface area contributed by atoms with Gasteiger partial charge in [-0.1, -0.05) is 47.7 Å². The van der Waals surface area contributed by atoms with Crippen molar-refractivity contribution in [3.63, 3.8) is 0 Å². The average molecular weight is 370 g/mol. The molecule has 6 heteroatoms. The van der Waals surface area contributed by atoms with Gasteiger partial charge in [0.05, 0.1) is 6.54 Å². The highest BCUT2D eigenvalue weighted by molar-refractivity contribution is 7.73. The molecule has 0 bridgehead atoms. The maximum atomic E-state index is 12.5. The molecular formula is C19H18N2O2S2. The number of carbonyl (C=O) groups excluding carboxylic acids is 1. The molecule has 0 aliphatic rings. The number of amides is 1. The number of para-hydroxylation sites is 2. The zero-order chi connectivity index (χ0) is 17.6. The molecule has 3 aromatic rings. The molecule has 1 aromatic heterocycles. The van der Waals surface area contributed by atoms with Crippen molar-refractivity contribution in [1.29, 1.82) is 0 Å². The van der Waals surface area contributed by atoms with Crippen LogP contribution in [0.3, 0.4) is 0 Å². The van der Waals surface area contributed by atoms with E-state index in [0.717, 1.165) is 17.1 Å². The molecule has 1 N–H and O–H groups in total. The molecule has 2 aromatic carbocycles. The summed E-state index contributed by atoms with van der Waals surface area (Å²) in [7, 11) is 0. The van der Waals surface area contributed by atoms with Crippen molar-refractivity contribution in [2.75, 3.05) is 11.9 Å². The van der Waals surface area contributed by atoms with E-state index >= 15 is 0 Å². The predicted octanol–water partition coefficient (Wildman–Crippen LogP) is 4.92. The van der Waals surface area contributed by atoms with Crippen LogP contribution in [0.5, 0.6) is 5.75 Å². The Morgan fingerprint density at radius 1 is 1.12 bits per heavy atom. The van der Waals surface area contributed by atoms with E-state index < -0.39 is 0 Å². The van der Waals surface area contributed by atoms with E-state index in [0.29, 0.717) is 22.0 Å². The van der Waals surface area contributed by atoms with E-state index in [4.69, 9.17) is 17.0 Å². The summed E-state index contributed by atoms with van der Waals surface area (Å²) in [6.45, 7) is 3.01. The fraction of sp³-hybridized carbons (Fsp3) is 0.158. The zero-order valence-electron chi connectivity index (χ0n) is 13.8. The minimum atomic E-state index is -0.137. The lowest BCUT2D eigenvalue weighted by Gasteiger charge is -2.09. The van der Waals surface area contributed by atoms with Gasteiger partial charge in [-0.05, 0) is 43.4 Å². The molecule has 3 rings (SSSR count). The summed E-state index contributed by atoms with van der Waals surface area (Å²) in [4.78, 5) is 13.1. The Hall–Kier alpha value is -2.44. The molecule has 0 fully saturated rings. The SMILES string of the molecule is Cc1c(C(=O)Nc2ccccc2)sc(=S)n1CCOc1ccccc1. The first-order valence-electron chi connectivity index (χ1n) is 7.89. The Labute approximate surface area is 155 Å². The molecule has 0 aliphatic carbocycles. The maximum absolute atomic E-state index is 12.5. The van der Waals surface area contributed by atoms with Crippen molar-refractivity contribution in [2.45, 2.75) is 13.5 Å². The number of hydrogen-bond donors (Lipinski definition) is 1. The number of nitrogens with one attached hydrogen (secondary N) is 1. The molecular weight excluding hydrogens is 352 g/mol. The van der Waals surface area contributed by atoms with Crippen molar-refractivity contribution in [3.8, 4) is 5.75 Å². The fourth-order valence-electron chi connectivity index (χ4n) is 2.43. The van der Waals surface area contributed by atoms with E-state index in [1.807, 2.05) is 72.2 Å². The van der Waals surface area contributed by atoms with Crippen LogP contribution in [0.1, 0.15) is 15.4 Å². The summed E-state index contributed by atoms with van der Waals surface area (Å²) in [5.41, 5.74) is 1.63. The number of hydrogen-bond acceptors (Lipinski definition) is 4. The van der Waals surface area contributed by atoms with Gasteiger partial charge in [-0.15, -0.1) is 0 Å². The van der Waals surface area contributed by atoms with Gasteiger partial charge in [0, 0.05) is 11.4 Å². The second kappa shape index (κ2) is 8.09. The highest BCUT2D eigenvalue weighted by Crippen LogP contribution is 2.21. The summed E-state index contributed by atoms with van der Waals surface area (Å²) in [6, 6.07) is 19.0. The highest BCUT2D eigenvalue weighted by atomic mass is 32.1. The van der Waals surface area contributed by atoms with E-state index in [1.54, 1.807) is 0 Å². The molecule has 0 radical (unpaired) electrons. The highest BCUT2D eigenvalue weighted by Gasteiger charge is 2.16. The second-order valence-corrected chi connectivity index (χ2v) is 7.06. The van der Waals surface area contributed by atoms with Gasteiger partial charge >= 0.3 is 0 Å². The number of anilines is 1. The minimum absolute atomic E-state index is 0.137. The Morgan fingerprint density at radius 2 is 1.76 bits per heavy atom. The molecule has 0 saturated heterocycles. The lowest BCUT2D eigenvalue weighted by atomic mass is 10.3. The number of rotatable bonds is 6. The molecule has 1 amide bonds. The zero-order valence-corrected chi connectivity index (χ0v) is 15.4. The van der Waals surface area contributed by atoms with Crippen molar-refractivity contribution < 1.29 is 9.53 Å². The average Bonchev–Trinajstić information content (AvgIpc) is 2.92. The van der Waals surface area contributed by atoms with Gasteiger partial charge in [0.25, 0.3) is 5.91 Å². The third-order valence-corrected chi connectivity index (χ3v) is 5.26. The monoisotopic (exact) mass is 370 g/mol. The summed E-state index contributed by atoms with van der Waals surface area (Å²) in [5.74, 6) is 0.687. The van der Waals surface area contributed by atoms with Crippen molar-refractivity contribution in [2.24, 2.45) is 0 Å². The van der Waals surface area contributed by atoms with Gasteiger partial charge in [0.2, 0.25) is 0 Å². The topological polar surface area (TPSA) is 43.3 Å². The molecule has 25 heavy (non-hydrogen) atoms. The molecule has 0 aliphatic heterocycles. The molecule has 0 atom stereocenters. The molecule has 1 heterocycles. The number of ether oxygens (including phenoxy) is 1. The third-order valence-electron chi connectivity index (χ3n) is 3.71. The number of nitrogens with zero attached hydrogens (tertiary/aromatic N) is 1. The van der Waals surface area contributed by atoms with Crippen molar-refractivity contribution in [1.82, 2.24) is 4.57 Å². The third kappa shape index (κ3) is 4.35. The van der Waals surface area contributed by atoms with Crippen LogP contribution in [0.15, 0.2) is 60.7 Å². The molecule has 0 unspecified atom stereocenters. The second-order valence-electron chi connectivity index (χ2n) is 5.42. The molecule has 0 saturated carbocycles. The van der Waals surface area contributed by atoms with Crippen molar-refractivity contribution >= 4 is 35.1 Å². The molecule has 128 valence electrons. The largest absolute Gasteiger partial charge is 0.492 e. The quantitative estimate of drug-likeness (QED) is 0.627. The Bertz CT molecular complexity index is 902. The van der Waals surface area contributed by atoms with Gasteiger partial charge in [-0.3, -0.25) is 4.79 Å². The number of benzene rings is 2. The summed E-state index contributed by atoms with van der Waals surface area (Å²) in [5, 5.41) is 2.90. The Kier molecular flexibility index (Phi) is 5.63. The predicted molar refractivity (Wildman–Crippen MR) is 104 cm³/mol. The standard InChI is InChI=1S/C19H18N2O2S2/c1-14-17(18(22)20-15-8-4-2-5-9-15)25-19(24)21(14)12-13-23-16-10-6-3-7-11-16/h2-11H,12-13H2,1H3,(H,20,22). The number of carbonyl (C=O) groups is 1. The first-order chi connectivity index (χ1) is 12.1. The number of thiazole rings is 1. The van der Waals surface area contributed by atoms with Gasteiger partial charge < -0.3 is 14.6 Å². The van der Waals surface area contributed by atoms with Gasteiger partial charge in [-0.2, -0.15) is 0 Å². The van der Waals surface area contributed by atoms with Crippen LogP contribution in [0.4, 0.5) is 5.69 Å². The summed E-state index contributed by atoms with van der Waals surface area (Å²) < 4.78 is 8.34. The molecule has 0 spiro atoms. The van der Waals surface area contributed by atoms with Crippen LogP contribution in [0.25, 0.3) is 0 Å². The van der Waals surface area contributed by atoms with Gasteiger partial charge in [0.15, 0.2) is 3.95 Å². The van der Waals surface area contributed by atoms with Crippen LogP contribution in [0.2, 0.25) is 0 Å². The maximum Gasteiger partial charge on any atom is 0.267 e. The van der Waals surface area contributed by atoms with Crippen LogP contribution >= 0.6 is 23.6 Å². The first-order valence-corrected chi connectivity index (χ1v) is 9.12. The van der Waals surface area contributed by atoms with E-state index in [9.17, 15) is 4.79 Å². The van der Waals surface area contributed by atoms with Crippen LogP contribution in [0, 0.1) is 10.9 Å². The first kappa shape index (κ1) is 17.4. The lowest BCUT2D eigenvalue weighted by Crippen LogP contribution is -2.14. The lowest BCUT2D eigenvalue weighted by molar-refractivity contribution is 0.102. The summed E-state index contributed by atoms with van der Waals surface area (Å²) >= 11 is 6.74. The van der Waals surface area contributed by atoms with E-state index in [1.165, 1.54) is 11.3 Å². The normalized spacial score (nSPS) is 10.4. The van der Waals surface area contributed by atoms with E-state index in [-0.39, 0.29) is 5.91 Å². The molecule has 4 nitrogen and oxygen atoms in total. The Morgan fingerprint density at radius 3 is 2.44 bits per heavy atom. The van der Waals surface area contributed by atoms with Crippen LogP contribution < -0.4 is 10.1 Å². The Balaban J connectivity index is 1.68. The van der Waals surface area contributed by atoms with Crippen molar-refractivity contribution in [3.05, 3.63) is 75.2 Å². The van der Waals surface area contributed by atoms with Crippen LogP contribution in [-0.4, -0.2) is 17.1 Å². The minimum Gasteiger partial charge on any atom is -0.492 e. The van der Waals surface area contributed by atoms with Gasteiger partial charge in [-0.25, -0.2) is 0 Å². The smallest absolute Gasteiger partial charge is 0.267 e. The number of aromatic nitrogens is 1. The van der Waals surface area contributed by atoms with Gasteiger partial charge in [0.1, 0.15) is 17.2 Å².